The molecule has 0 radical (unpaired) electrons. The molecule has 1 N–H and O–H groups in total. The van der Waals surface area contributed by atoms with Gasteiger partial charge in [0, 0.05) is 12.6 Å². The lowest BCUT2D eigenvalue weighted by Crippen LogP contribution is -2.31. The Morgan fingerprint density at radius 2 is 1.82 bits per heavy atom. The highest BCUT2D eigenvalue weighted by molar-refractivity contribution is 4.67. The molecule has 0 aromatic heterocycles. The Kier molecular flexibility index (Phi) is 10.8. The van der Waals surface area contributed by atoms with Crippen molar-refractivity contribution in [2.45, 2.75) is 58.9 Å². The summed E-state index contributed by atoms with van der Waals surface area (Å²) in [7, 11) is 0. The average molecular weight is 251 g/mol. The van der Waals surface area contributed by atoms with E-state index in [1.54, 1.807) is 0 Å². The summed E-state index contributed by atoms with van der Waals surface area (Å²) in [4.78, 5) is 0. The molecule has 0 aliphatic rings. The molecular weight excluding hydrogens is 224 g/mol. The van der Waals surface area contributed by atoms with Crippen molar-refractivity contribution in [1.82, 2.24) is 5.32 Å². The third kappa shape index (κ3) is 12.0. The van der Waals surface area contributed by atoms with Crippen LogP contribution in [0.5, 0.6) is 0 Å². The maximum Gasteiger partial charge on any atom is 0.261 e. The Bertz CT molecular complexity index is 165. The molecule has 1 atom stereocenters. The maximum absolute atomic E-state index is 11.9. The molecule has 2 nitrogen and oxygen atoms in total. The van der Waals surface area contributed by atoms with Crippen LogP contribution in [-0.4, -0.2) is 32.2 Å². The number of nitrogens with one attached hydrogen (secondary N) is 1. The number of halogens is 2. The van der Waals surface area contributed by atoms with Crippen molar-refractivity contribution in [3.8, 4) is 0 Å². The van der Waals surface area contributed by atoms with Gasteiger partial charge in [-0.3, -0.25) is 0 Å². The van der Waals surface area contributed by atoms with E-state index in [0.717, 1.165) is 32.2 Å². The van der Waals surface area contributed by atoms with Gasteiger partial charge < -0.3 is 10.1 Å². The third-order valence-corrected chi connectivity index (χ3v) is 2.63. The largest absolute Gasteiger partial charge is 0.375 e. The summed E-state index contributed by atoms with van der Waals surface area (Å²) < 4.78 is 28.7. The molecule has 0 heterocycles. The quantitative estimate of drug-likeness (QED) is 0.568. The topological polar surface area (TPSA) is 21.3 Å². The molecule has 0 bridgehead atoms. The zero-order chi connectivity index (χ0) is 13.1. The second-order valence-corrected chi connectivity index (χ2v) is 4.88. The van der Waals surface area contributed by atoms with Gasteiger partial charge in [-0.05, 0) is 38.1 Å². The number of hydrogen-bond donors (Lipinski definition) is 1. The fraction of sp³-hybridized carbons (Fsp3) is 1.00. The van der Waals surface area contributed by atoms with Crippen LogP contribution in [0.4, 0.5) is 8.78 Å². The van der Waals surface area contributed by atoms with Crippen LogP contribution in [0.3, 0.4) is 0 Å². The first-order chi connectivity index (χ1) is 8.06. The summed E-state index contributed by atoms with van der Waals surface area (Å²) in [6, 6.07) is 0.398. The lowest BCUT2D eigenvalue weighted by molar-refractivity contribution is 0.0141. The molecule has 0 fully saturated rings. The van der Waals surface area contributed by atoms with Gasteiger partial charge in [-0.2, -0.15) is 0 Å². The van der Waals surface area contributed by atoms with E-state index in [1.165, 1.54) is 0 Å². The van der Waals surface area contributed by atoms with Gasteiger partial charge >= 0.3 is 0 Å². The lowest BCUT2D eigenvalue weighted by atomic mass is 10.0. The molecule has 104 valence electrons. The van der Waals surface area contributed by atoms with E-state index in [4.69, 9.17) is 4.74 Å². The molecule has 0 aliphatic heterocycles. The fourth-order valence-electron chi connectivity index (χ4n) is 1.63. The van der Waals surface area contributed by atoms with Crippen molar-refractivity contribution in [2.75, 3.05) is 19.8 Å². The van der Waals surface area contributed by atoms with Crippen molar-refractivity contribution in [1.29, 1.82) is 0 Å². The highest BCUT2D eigenvalue weighted by Gasteiger charge is 2.09. The van der Waals surface area contributed by atoms with Crippen molar-refractivity contribution in [3.05, 3.63) is 0 Å². The predicted molar refractivity (Wildman–Crippen MR) is 67.6 cm³/mol. The number of ether oxygens (including phenoxy) is 1. The molecule has 1 unspecified atom stereocenters. The Balaban J connectivity index is 3.68. The maximum atomic E-state index is 11.9. The highest BCUT2D eigenvalue weighted by Crippen LogP contribution is 2.09. The number of hydrogen-bond acceptors (Lipinski definition) is 2. The molecule has 0 aliphatic carbocycles. The van der Waals surface area contributed by atoms with Crippen molar-refractivity contribution in [2.24, 2.45) is 5.92 Å². The Hall–Kier alpha value is -0.220. The third-order valence-electron chi connectivity index (χ3n) is 2.63. The summed E-state index contributed by atoms with van der Waals surface area (Å²) in [5.74, 6) is 0.683. The number of rotatable bonds is 11. The van der Waals surface area contributed by atoms with Crippen LogP contribution in [0.2, 0.25) is 0 Å². The molecule has 4 heteroatoms. The molecule has 0 saturated heterocycles. The van der Waals surface area contributed by atoms with Gasteiger partial charge in [-0.15, -0.1) is 0 Å². The molecule has 0 aromatic rings. The standard InChI is InChI=1S/C13H27F2NO/c1-4-8-16-12(6-5-11(2)3)7-9-17-10-13(14)15/h11-13,16H,4-10H2,1-3H3. The van der Waals surface area contributed by atoms with Crippen molar-refractivity contribution < 1.29 is 13.5 Å². The second-order valence-electron chi connectivity index (χ2n) is 4.88. The van der Waals surface area contributed by atoms with Crippen LogP contribution in [0, 0.1) is 5.92 Å². The second kappa shape index (κ2) is 10.9. The summed E-state index contributed by atoms with van der Waals surface area (Å²) in [5, 5.41) is 3.45. The van der Waals surface area contributed by atoms with E-state index in [1.807, 2.05) is 0 Å². The van der Waals surface area contributed by atoms with Gasteiger partial charge in [-0.1, -0.05) is 20.8 Å². The van der Waals surface area contributed by atoms with E-state index in [2.05, 4.69) is 26.1 Å². The van der Waals surface area contributed by atoms with Crippen molar-refractivity contribution in [3.63, 3.8) is 0 Å². The molecule has 17 heavy (non-hydrogen) atoms. The summed E-state index contributed by atoms with van der Waals surface area (Å²) in [6.45, 7) is 7.49. The smallest absolute Gasteiger partial charge is 0.261 e. The monoisotopic (exact) mass is 251 g/mol. The van der Waals surface area contributed by atoms with E-state index < -0.39 is 13.0 Å². The van der Waals surface area contributed by atoms with Gasteiger partial charge in [0.15, 0.2) is 0 Å². The Morgan fingerprint density at radius 3 is 2.35 bits per heavy atom. The summed E-state index contributed by atoms with van der Waals surface area (Å²) in [6.07, 6.45) is 1.81. The van der Waals surface area contributed by atoms with Crippen LogP contribution in [-0.2, 0) is 4.74 Å². The molecule has 0 amide bonds. The van der Waals surface area contributed by atoms with E-state index in [0.29, 0.717) is 18.6 Å². The van der Waals surface area contributed by atoms with Crippen LogP contribution in [0.25, 0.3) is 0 Å². The first-order valence-corrected chi connectivity index (χ1v) is 6.65. The molecule has 0 aromatic carbocycles. The van der Waals surface area contributed by atoms with Gasteiger partial charge in [0.25, 0.3) is 6.43 Å². The minimum Gasteiger partial charge on any atom is -0.375 e. The summed E-state index contributed by atoms with van der Waals surface area (Å²) in [5.41, 5.74) is 0. The molecule has 0 saturated carbocycles. The van der Waals surface area contributed by atoms with E-state index in [-0.39, 0.29) is 0 Å². The summed E-state index contributed by atoms with van der Waals surface area (Å²) >= 11 is 0. The predicted octanol–water partition coefficient (Wildman–Crippen LogP) is 3.46. The van der Waals surface area contributed by atoms with Crippen LogP contribution >= 0.6 is 0 Å². The number of alkyl halides is 2. The van der Waals surface area contributed by atoms with E-state index in [9.17, 15) is 8.78 Å². The van der Waals surface area contributed by atoms with Crippen LogP contribution in [0.1, 0.15) is 46.5 Å². The highest BCUT2D eigenvalue weighted by atomic mass is 19.3. The minimum atomic E-state index is -2.35. The first kappa shape index (κ1) is 16.8. The lowest BCUT2D eigenvalue weighted by Gasteiger charge is -2.19. The van der Waals surface area contributed by atoms with Crippen LogP contribution < -0.4 is 5.32 Å². The van der Waals surface area contributed by atoms with E-state index >= 15 is 0 Å². The van der Waals surface area contributed by atoms with Gasteiger partial charge in [0.05, 0.1) is 0 Å². The Labute approximate surface area is 104 Å². The van der Waals surface area contributed by atoms with Crippen LogP contribution in [0.15, 0.2) is 0 Å². The normalized spacial score (nSPS) is 13.6. The Morgan fingerprint density at radius 1 is 1.12 bits per heavy atom. The van der Waals surface area contributed by atoms with Crippen molar-refractivity contribution >= 4 is 0 Å². The average Bonchev–Trinajstić information content (AvgIpc) is 2.26. The van der Waals surface area contributed by atoms with Gasteiger partial charge in [0.1, 0.15) is 6.61 Å². The molecule has 0 rings (SSSR count). The molecule has 0 spiro atoms. The minimum absolute atomic E-state index is 0.398. The fourth-order valence-corrected chi connectivity index (χ4v) is 1.63. The molecular formula is C13H27F2NO. The zero-order valence-corrected chi connectivity index (χ0v) is 11.3. The van der Waals surface area contributed by atoms with Gasteiger partial charge in [0.2, 0.25) is 0 Å². The SMILES string of the molecule is CCCNC(CCOCC(F)F)CCC(C)C. The first-order valence-electron chi connectivity index (χ1n) is 6.65. The van der Waals surface area contributed by atoms with Gasteiger partial charge in [-0.25, -0.2) is 8.78 Å². The zero-order valence-electron chi connectivity index (χ0n) is 11.3.